The number of carboxylic acid groups (broad SMARTS) is 1. The highest BCUT2D eigenvalue weighted by Gasteiger charge is 2.31. The molecule has 0 aliphatic rings. The van der Waals surface area contributed by atoms with E-state index in [4.69, 9.17) is 16.7 Å². The number of rotatable bonds is 5. The van der Waals surface area contributed by atoms with Gasteiger partial charge in [0.25, 0.3) is 0 Å². The molecule has 0 unspecified atom stereocenters. The maximum Gasteiger partial charge on any atom is 0.573 e. The summed E-state index contributed by atoms with van der Waals surface area (Å²) in [5.74, 6) is -1.22. The van der Waals surface area contributed by atoms with Crippen molar-refractivity contribution < 1.29 is 32.9 Å². The normalized spacial score (nSPS) is 11.9. The average Bonchev–Trinajstić information content (AvgIpc) is 3.05. The molecular weight excluding hydrogens is 407 g/mol. The molecule has 0 atom stereocenters. The fourth-order valence-electron chi connectivity index (χ4n) is 2.92. The monoisotopic (exact) mass is 419 g/mol. The summed E-state index contributed by atoms with van der Waals surface area (Å²) in [6, 6.07) is 4.18. The van der Waals surface area contributed by atoms with E-state index in [0.29, 0.717) is 27.7 Å². The van der Waals surface area contributed by atoms with Crippen LogP contribution in [0.2, 0.25) is 5.02 Å². The number of nitrogens with zero attached hydrogens (tertiary/aromatic N) is 1. The summed E-state index contributed by atoms with van der Waals surface area (Å²) in [6.07, 6.45) is -5.03. The van der Waals surface area contributed by atoms with Crippen LogP contribution in [-0.4, -0.2) is 27.1 Å². The molecule has 0 aliphatic heterocycles. The van der Waals surface area contributed by atoms with Gasteiger partial charge in [-0.05, 0) is 41.6 Å². The Hall–Kier alpha value is -2.39. The van der Waals surface area contributed by atoms with Crippen LogP contribution < -0.4 is 4.74 Å². The zero-order valence-corrected chi connectivity index (χ0v) is 15.4. The lowest BCUT2D eigenvalue weighted by Crippen LogP contribution is -2.16. The van der Waals surface area contributed by atoms with Gasteiger partial charge in [-0.3, -0.25) is 4.79 Å². The van der Waals surface area contributed by atoms with E-state index < -0.39 is 12.3 Å². The molecule has 0 saturated carbocycles. The van der Waals surface area contributed by atoms with Crippen LogP contribution in [0.3, 0.4) is 0 Å². The number of aliphatic carboxylic acids is 1. The number of phenols is 1. The Morgan fingerprint density at radius 2 is 2.04 bits per heavy atom. The third kappa shape index (κ3) is 4.14. The Balaban J connectivity index is 2.05. The van der Waals surface area contributed by atoms with E-state index in [2.05, 4.69) is 4.74 Å². The molecule has 3 aromatic rings. The molecule has 3 rings (SSSR count). The zero-order valence-electron chi connectivity index (χ0n) is 13.8. The van der Waals surface area contributed by atoms with Crippen LogP contribution in [0.1, 0.15) is 16.8 Å². The number of carbonyl (C=O) groups is 1. The summed E-state index contributed by atoms with van der Waals surface area (Å²) in [6.45, 7) is 1.91. The van der Waals surface area contributed by atoms with Gasteiger partial charge in [-0.1, -0.05) is 11.6 Å². The fourth-order valence-corrected chi connectivity index (χ4v) is 3.85. The quantitative estimate of drug-likeness (QED) is 0.614. The molecule has 0 saturated heterocycles. The summed E-state index contributed by atoms with van der Waals surface area (Å²) in [7, 11) is 0. The first-order chi connectivity index (χ1) is 12.5. The fraction of sp³-hybridized carbons (Fsp3) is 0.235. The molecule has 5 nitrogen and oxygen atoms in total. The molecule has 0 spiro atoms. The first kappa shape index (κ1) is 19.4. The third-order valence-electron chi connectivity index (χ3n) is 4.04. The third-order valence-corrected chi connectivity index (χ3v) is 5.19. The lowest BCUT2D eigenvalue weighted by molar-refractivity contribution is -0.273. The average molecular weight is 420 g/mol. The Kier molecular flexibility index (Phi) is 5.00. The maximum absolute atomic E-state index is 12.3. The smallest absolute Gasteiger partial charge is 0.506 e. The first-order valence-electron chi connectivity index (χ1n) is 7.60. The molecule has 2 aromatic heterocycles. The summed E-state index contributed by atoms with van der Waals surface area (Å²) in [5, 5.41) is 20.9. The molecule has 2 heterocycles. The topological polar surface area (TPSA) is 71.7 Å². The molecule has 0 fully saturated rings. The van der Waals surface area contributed by atoms with Crippen molar-refractivity contribution in [2.45, 2.75) is 26.3 Å². The number of phenolic OH excluding ortho intramolecular Hbond substituents is 1. The number of alkyl halides is 3. The minimum atomic E-state index is -4.77. The number of hydrogen-bond acceptors (Lipinski definition) is 4. The maximum atomic E-state index is 12.3. The van der Waals surface area contributed by atoms with Crippen molar-refractivity contribution in [3.8, 4) is 10.8 Å². The van der Waals surface area contributed by atoms with Gasteiger partial charge in [0.1, 0.15) is 5.75 Å². The SMILES string of the molecule is Cc1c(CC(=O)O)c2cc(O)c(Cl)cc2n1Cc1csc(OC(F)(F)F)c1. The number of aromatic nitrogens is 1. The van der Waals surface area contributed by atoms with Gasteiger partial charge in [0.2, 0.25) is 0 Å². The summed E-state index contributed by atoms with van der Waals surface area (Å²) in [4.78, 5) is 11.2. The second-order valence-corrected chi connectivity index (χ2v) is 7.14. The van der Waals surface area contributed by atoms with Crippen molar-refractivity contribution in [3.05, 3.63) is 45.4 Å². The van der Waals surface area contributed by atoms with Crippen LogP contribution >= 0.6 is 22.9 Å². The lowest BCUT2D eigenvalue weighted by atomic mass is 10.1. The predicted molar refractivity (Wildman–Crippen MR) is 94.8 cm³/mol. The van der Waals surface area contributed by atoms with Crippen molar-refractivity contribution in [2.24, 2.45) is 0 Å². The van der Waals surface area contributed by atoms with Crippen LogP contribution in [0.4, 0.5) is 13.2 Å². The Labute approximate surface area is 160 Å². The van der Waals surface area contributed by atoms with Gasteiger partial charge in [0.15, 0.2) is 5.06 Å². The van der Waals surface area contributed by atoms with Crippen LogP contribution in [0.15, 0.2) is 23.6 Å². The highest BCUT2D eigenvalue weighted by molar-refractivity contribution is 7.12. The number of ether oxygens (including phenoxy) is 1. The van der Waals surface area contributed by atoms with E-state index in [1.807, 2.05) is 0 Å². The summed E-state index contributed by atoms with van der Waals surface area (Å²) < 4.78 is 42.7. The highest BCUT2D eigenvalue weighted by atomic mass is 35.5. The van der Waals surface area contributed by atoms with E-state index in [1.165, 1.54) is 23.6 Å². The number of thiophene rings is 1. The zero-order chi connectivity index (χ0) is 19.9. The molecule has 144 valence electrons. The number of hydrogen-bond donors (Lipinski definition) is 2. The first-order valence-corrected chi connectivity index (χ1v) is 8.86. The number of carboxylic acids is 1. The summed E-state index contributed by atoms with van der Waals surface area (Å²) in [5.41, 5.74) is 2.27. The van der Waals surface area contributed by atoms with Gasteiger partial charge in [-0.2, -0.15) is 0 Å². The van der Waals surface area contributed by atoms with E-state index in [0.717, 1.165) is 11.3 Å². The standard InChI is InChI=1S/C17H13ClF3NO4S/c1-8-10(4-15(24)25)11-3-14(23)12(18)5-13(11)22(8)6-9-2-16(27-7-9)26-17(19,20)21/h2-3,5,7,23H,4,6H2,1H3,(H,24,25). The van der Waals surface area contributed by atoms with Crippen molar-refractivity contribution in [1.82, 2.24) is 4.57 Å². The van der Waals surface area contributed by atoms with Gasteiger partial charge in [0, 0.05) is 17.6 Å². The molecule has 27 heavy (non-hydrogen) atoms. The van der Waals surface area contributed by atoms with Gasteiger partial charge in [0.05, 0.1) is 17.0 Å². The molecule has 0 amide bonds. The minimum absolute atomic E-state index is 0.0922. The lowest BCUT2D eigenvalue weighted by Gasteiger charge is -2.08. The Morgan fingerprint density at radius 3 is 2.67 bits per heavy atom. The highest BCUT2D eigenvalue weighted by Crippen LogP contribution is 2.36. The largest absolute Gasteiger partial charge is 0.573 e. The van der Waals surface area contributed by atoms with Gasteiger partial charge >= 0.3 is 12.3 Å². The Morgan fingerprint density at radius 1 is 1.33 bits per heavy atom. The molecule has 1 aromatic carbocycles. The number of benzene rings is 1. The minimum Gasteiger partial charge on any atom is -0.506 e. The number of fused-ring (bicyclic) bond motifs is 1. The number of halogens is 4. The molecule has 2 N–H and O–H groups in total. The van der Waals surface area contributed by atoms with Crippen LogP contribution in [-0.2, 0) is 17.8 Å². The van der Waals surface area contributed by atoms with E-state index in [1.54, 1.807) is 11.5 Å². The molecule has 10 heteroatoms. The molecular formula is C17H13ClF3NO4S. The summed E-state index contributed by atoms with van der Waals surface area (Å²) >= 11 is 6.80. The molecule has 0 radical (unpaired) electrons. The number of aromatic hydroxyl groups is 1. The van der Waals surface area contributed by atoms with E-state index in [-0.39, 0.29) is 28.8 Å². The van der Waals surface area contributed by atoms with Crippen LogP contribution in [0.25, 0.3) is 10.9 Å². The van der Waals surface area contributed by atoms with Crippen molar-refractivity contribution >= 4 is 39.8 Å². The second-order valence-electron chi connectivity index (χ2n) is 5.86. The molecule has 0 aliphatic carbocycles. The van der Waals surface area contributed by atoms with Crippen molar-refractivity contribution in [3.63, 3.8) is 0 Å². The van der Waals surface area contributed by atoms with E-state index in [9.17, 15) is 23.1 Å². The second kappa shape index (κ2) is 6.97. The van der Waals surface area contributed by atoms with Crippen LogP contribution in [0, 0.1) is 6.92 Å². The van der Waals surface area contributed by atoms with Crippen molar-refractivity contribution in [1.29, 1.82) is 0 Å². The predicted octanol–water partition coefficient (Wildman–Crippen LogP) is 4.94. The van der Waals surface area contributed by atoms with Gasteiger partial charge < -0.3 is 19.5 Å². The van der Waals surface area contributed by atoms with Gasteiger partial charge in [-0.15, -0.1) is 24.5 Å². The van der Waals surface area contributed by atoms with Crippen molar-refractivity contribution in [2.75, 3.05) is 0 Å². The molecule has 0 bridgehead atoms. The Bertz CT molecular complexity index is 1030. The van der Waals surface area contributed by atoms with Crippen LogP contribution in [0.5, 0.6) is 10.8 Å². The van der Waals surface area contributed by atoms with Gasteiger partial charge in [-0.25, -0.2) is 0 Å². The van der Waals surface area contributed by atoms with E-state index >= 15 is 0 Å².